The van der Waals surface area contributed by atoms with E-state index in [1.807, 2.05) is 19.1 Å². The number of thiazole rings is 1. The Bertz CT molecular complexity index is 983. The lowest BCUT2D eigenvalue weighted by molar-refractivity contribution is -0.116. The number of benzene rings is 2. The molecule has 1 amide bonds. The van der Waals surface area contributed by atoms with E-state index in [-0.39, 0.29) is 11.3 Å². The first kappa shape index (κ1) is 22.0. The minimum atomic E-state index is -0.0362. The highest BCUT2D eigenvalue weighted by atomic mass is 32.1. The monoisotopic (exact) mass is 422 g/mol. The van der Waals surface area contributed by atoms with E-state index < -0.39 is 0 Å². The summed E-state index contributed by atoms with van der Waals surface area (Å²) in [5.74, 6) is 0.799. The fraction of sp³-hybridized carbons (Fsp3) is 0.360. The third-order valence-corrected chi connectivity index (χ3v) is 5.79. The Morgan fingerprint density at radius 1 is 1.03 bits per heavy atom. The van der Waals surface area contributed by atoms with Crippen molar-refractivity contribution in [3.05, 3.63) is 64.5 Å². The summed E-state index contributed by atoms with van der Waals surface area (Å²) >= 11 is 1.51. The number of nitrogens with one attached hydrogen (secondary N) is 1. The van der Waals surface area contributed by atoms with Crippen molar-refractivity contribution in [1.29, 1.82) is 0 Å². The number of ether oxygens (including phenoxy) is 1. The van der Waals surface area contributed by atoms with Gasteiger partial charge in [0, 0.05) is 16.9 Å². The number of aromatic nitrogens is 1. The second-order valence-electron chi connectivity index (χ2n) is 8.56. The fourth-order valence-corrected chi connectivity index (χ4v) is 3.94. The maximum absolute atomic E-state index is 12.3. The van der Waals surface area contributed by atoms with Gasteiger partial charge in [-0.2, -0.15) is 0 Å². The summed E-state index contributed by atoms with van der Waals surface area (Å²) in [6, 6.07) is 16.4. The van der Waals surface area contributed by atoms with Crippen LogP contribution in [-0.4, -0.2) is 17.5 Å². The number of rotatable bonds is 7. The average Bonchev–Trinajstić information content (AvgIpc) is 3.05. The van der Waals surface area contributed by atoms with Gasteiger partial charge in [0.1, 0.15) is 5.75 Å². The van der Waals surface area contributed by atoms with E-state index in [1.165, 1.54) is 22.5 Å². The zero-order valence-corrected chi connectivity index (χ0v) is 19.2. The number of hydrogen-bond donors (Lipinski definition) is 1. The summed E-state index contributed by atoms with van der Waals surface area (Å²) in [4.78, 5) is 18.0. The van der Waals surface area contributed by atoms with Crippen molar-refractivity contribution in [2.75, 3.05) is 11.9 Å². The van der Waals surface area contributed by atoms with E-state index >= 15 is 0 Å². The summed E-state index contributed by atoms with van der Waals surface area (Å²) in [6.45, 7) is 11.2. The summed E-state index contributed by atoms with van der Waals surface area (Å²) in [5.41, 5.74) is 4.62. The molecule has 0 spiro atoms. The van der Waals surface area contributed by atoms with Gasteiger partial charge in [-0.1, -0.05) is 62.7 Å². The summed E-state index contributed by atoms with van der Waals surface area (Å²) in [6.07, 6.45) is 1.06. The number of hydrogen-bond acceptors (Lipinski definition) is 4. The van der Waals surface area contributed by atoms with E-state index in [1.54, 1.807) is 0 Å². The highest BCUT2D eigenvalue weighted by Gasteiger charge is 2.14. The smallest absolute Gasteiger partial charge is 0.226 e. The molecular formula is C25H30N2O2S. The molecule has 1 aromatic heterocycles. The van der Waals surface area contributed by atoms with Gasteiger partial charge < -0.3 is 10.1 Å². The van der Waals surface area contributed by atoms with Crippen molar-refractivity contribution in [2.24, 2.45) is 0 Å². The quantitative estimate of drug-likeness (QED) is 0.441. The molecule has 5 heteroatoms. The predicted molar refractivity (Wildman–Crippen MR) is 126 cm³/mol. The minimum Gasteiger partial charge on any atom is -0.494 e. The van der Waals surface area contributed by atoms with Gasteiger partial charge in [0.05, 0.1) is 12.3 Å². The third-order valence-electron chi connectivity index (χ3n) is 4.91. The van der Waals surface area contributed by atoms with Gasteiger partial charge >= 0.3 is 0 Å². The van der Waals surface area contributed by atoms with Crippen molar-refractivity contribution in [3.63, 3.8) is 0 Å². The molecule has 0 atom stereocenters. The molecule has 3 rings (SSSR count). The predicted octanol–water partition coefficient (Wildman–Crippen LogP) is 6.52. The van der Waals surface area contributed by atoms with Crippen LogP contribution in [0.2, 0.25) is 0 Å². The highest BCUT2D eigenvalue weighted by Crippen LogP contribution is 2.30. The second-order valence-corrected chi connectivity index (χ2v) is 9.77. The Morgan fingerprint density at radius 2 is 1.70 bits per heavy atom. The van der Waals surface area contributed by atoms with Gasteiger partial charge in [0.2, 0.25) is 5.91 Å². The number of carbonyl (C=O) groups excluding carboxylic acids is 1. The van der Waals surface area contributed by atoms with Gasteiger partial charge in [0.25, 0.3) is 0 Å². The Hall–Kier alpha value is -2.66. The minimum absolute atomic E-state index is 0.0362. The van der Waals surface area contributed by atoms with Crippen molar-refractivity contribution in [3.8, 4) is 17.0 Å². The first-order chi connectivity index (χ1) is 14.2. The Labute approximate surface area is 183 Å². The number of amides is 1. The maximum atomic E-state index is 12.3. The topological polar surface area (TPSA) is 51.2 Å². The van der Waals surface area contributed by atoms with Crippen LogP contribution in [0.4, 0.5) is 5.13 Å². The maximum Gasteiger partial charge on any atom is 0.226 e. The molecule has 1 heterocycles. The van der Waals surface area contributed by atoms with Crippen LogP contribution in [0.25, 0.3) is 11.3 Å². The molecule has 2 aromatic carbocycles. The molecule has 30 heavy (non-hydrogen) atoms. The van der Waals surface area contributed by atoms with E-state index in [4.69, 9.17) is 4.74 Å². The number of nitrogens with zero attached hydrogens (tertiary/aromatic N) is 1. The van der Waals surface area contributed by atoms with Crippen LogP contribution in [0.15, 0.2) is 48.5 Å². The lowest BCUT2D eigenvalue weighted by Gasteiger charge is -2.19. The van der Waals surface area contributed by atoms with Crippen LogP contribution in [-0.2, 0) is 10.2 Å². The van der Waals surface area contributed by atoms with E-state index in [0.717, 1.165) is 21.9 Å². The zero-order chi connectivity index (χ0) is 21.7. The SMILES string of the molecule is Cc1ccc(-c2nc(NC(=O)CCCOc3ccc(C(C)(C)C)cc3)sc2C)cc1. The lowest BCUT2D eigenvalue weighted by atomic mass is 9.87. The van der Waals surface area contributed by atoms with Crippen LogP contribution in [0.3, 0.4) is 0 Å². The Morgan fingerprint density at radius 3 is 2.33 bits per heavy atom. The summed E-state index contributed by atoms with van der Waals surface area (Å²) in [7, 11) is 0. The van der Waals surface area contributed by atoms with Crippen molar-refractivity contribution in [1.82, 2.24) is 4.98 Å². The average molecular weight is 423 g/mol. The molecule has 1 N–H and O–H groups in total. The third kappa shape index (κ3) is 5.92. The molecule has 0 aliphatic heterocycles. The molecule has 3 aromatic rings. The van der Waals surface area contributed by atoms with Crippen LogP contribution < -0.4 is 10.1 Å². The first-order valence-electron chi connectivity index (χ1n) is 10.3. The van der Waals surface area contributed by atoms with Gasteiger partial charge in [-0.3, -0.25) is 4.79 Å². The Balaban J connectivity index is 1.46. The molecule has 0 aliphatic rings. The number of carbonyl (C=O) groups is 1. The standard InChI is InChI=1S/C25H30N2O2S/c1-17-8-10-19(11-9-17)23-18(2)30-24(27-23)26-22(28)7-6-16-29-21-14-12-20(13-15-21)25(3,4)5/h8-15H,6-7,16H2,1-5H3,(H,26,27,28). The van der Waals surface area contributed by atoms with Crippen LogP contribution >= 0.6 is 11.3 Å². The Kier molecular flexibility index (Phi) is 6.93. The van der Waals surface area contributed by atoms with Gasteiger partial charge in [0.15, 0.2) is 5.13 Å². The normalized spacial score (nSPS) is 11.4. The molecule has 0 saturated heterocycles. The van der Waals surface area contributed by atoms with Gasteiger partial charge in [-0.25, -0.2) is 4.98 Å². The zero-order valence-electron chi connectivity index (χ0n) is 18.4. The largest absolute Gasteiger partial charge is 0.494 e. The number of anilines is 1. The molecule has 0 bridgehead atoms. The molecule has 158 valence electrons. The van der Waals surface area contributed by atoms with Crippen LogP contribution in [0.1, 0.15) is 49.6 Å². The van der Waals surface area contributed by atoms with Gasteiger partial charge in [-0.15, -0.1) is 11.3 Å². The van der Waals surface area contributed by atoms with Crippen molar-refractivity contribution < 1.29 is 9.53 Å². The molecule has 0 unspecified atom stereocenters. The molecule has 4 nitrogen and oxygen atoms in total. The summed E-state index contributed by atoms with van der Waals surface area (Å²) < 4.78 is 5.77. The van der Waals surface area contributed by atoms with Crippen molar-refractivity contribution >= 4 is 22.4 Å². The highest BCUT2D eigenvalue weighted by molar-refractivity contribution is 7.16. The molecule has 0 radical (unpaired) electrons. The van der Waals surface area contributed by atoms with Gasteiger partial charge in [-0.05, 0) is 43.4 Å². The van der Waals surface area contributed by atoms with E-state index in [0.29, 0.717) is 24.6 Å². The van der Waals surface area contributed by atoms with Crippen molar-refractivity contribution in [2.45, 2.75) is 52.9 Å². The molecular weight excluding hydrogens is 392 g/mol. The number of aryl methyl sites for hydroxylation is 2. The van der Waals surface area contributed by atoms with E-state index in [9.17, 15) is 4.79 Å². The fourth-order valence-electron chi connectivity index (χ4n) is 3.08. The first-order valence-corrected chi connectivity index (χ1v) is 11.1. The molecule has 0 saturated carbocycles. The van der Waals surface area contributed by atoms with Crippen LogP contribution in [0, 0.1) is 13.8 Å². The second kappa shape index (κ2) is 9.43. The molecule has 0 aliphatic carbocycles. The molecule has 0 fully saturated rings. The lowest BCUT2D eigenvalue weighted by Crippen LogP contribution is -2.13. The van der Waals surface area contributed by atoms with E-state index in [2.05, 4.69) is 74.4 Å². The van der Waals surface area contributed by atoms with Crippen LogP contribution in [0.5, 0.6) is 5.75 Å². The summed E-state index contributed by atoms with van der Waals surface area (Å²) in [5, 5.41) is 3.57.